The molecule has 3 aromatic rings. The highest BCUT2D eigenvalue weighted by Gasteiger charge is 2.14. The third-order valence-corrected chi connectivity index (χ3v) is 6.62. The lowest BCUT2D eigenvalue weighted by Gasteiger charge is -2.09. The summed E-state index contributed by atoms with van der Waals surface area (Å²) in [5.41, 5.74) is 10.6. The summed E-state index contributed by atoms with van der Waals surface area (Å²) in [6.07, 6.45) is 2.23. The number of hydrogen-bond acceptors (Lipinski definition) is 9. The van der Waals surface area contributed by atoms with Crippen molar-refractivity contribution < 1.29 is 23.1 Å². The predicted octanol–water partition coefficient (Wildman–Crippen LogP) is 1.82. The Morgan fingerprint density at radius 2 is 1.97 bits per heavy atom. The van der Waals surface area contributed by atoms with Crippen molar-refractivity contribution in [3.63, 3.8) is 0 Å². The first-order valence-corrected chi connectivity index (χ1v) is 11.6. The van der Waals surface area contributed by atoms with Crippen LogP contribution in [0.15, 0.2) is 53.0 Å². The van der Waals surface area contributed by atoms with Crippen LogP contribution in [-0.4, -0.2) is 51.2 Å². The highest BCUT2D eigenvalue weighted by molar-refractivity contribution is 7.89. The number of sulfonamides is 1. The third-order valence-electron chi connectivity index (χ3n) is 4.28. The second-order valence-electron chi connectivity index (χ2n) is 6.35. The van der Waals surface area contributed by atoms with E-state index in [9.17, 15) is 13.2 Å². The first kappa shape index (κ1) is 22.8. The van der Waals surface area contributed by atoms with E-state index >= 15 is 0 Å². The maximum Gasteiger partial charge on any atom is 0.240 e. The van der Waals surface area contributed by atoms with Gasteiger partial charge in [-0.1, -0.05) is 0 Å². The van der Waals surface area contributed by atoms with Gasteiger partial charge in [0.15, 0.2) is 6.29 Å². The van der Waals surface area contributed by atoms with Crippen molar-refractivity contribution in [2.75, 3.05) is 37.4 Å². The standard InChI is InChI=1S/C20H22N4O5S2/c21-17-5-6-18-20(30-13-23-18)19(17)14(12-26)11-22-15-1-3-16(4-2-15)31(27,28)24-7-9-29-10-8-25/h1-6,11-13,22,24-25H,7-10,21H2/b14-11+. The summed E-state index contributed by atoms with van der Waals surface area (Å²) in [6.45, 7) is 0.293. The lowest BCUT2D eigenvalue weighted by atomic mass is 10.1. The smallest absolute Gasteiger partial charge is 0.240 e. The summed E-state index contributed by atoms with van der Waals surface area (Å²) in [7, 11) is -3.68. The number of nitrogens with two attached hydrogens (primary N) is 1. The van der Waals surface area contributed by atoms with Crippen LogP contribution in [0.3, 0.4) is 0 Å². The second-order valence-corrected chi connectivity index (χ2v) is 8.97. The second kappa shape index (κ2) is 10.5. The SMILES string of the molecule is Nc1ccc2ncsc2c1/C(C=O)=C/Nc1ccc(S(=O)(=O)NCCOCCO)cc1. The molecule has 0 aliphatic carbocycles. The number of rotatable bonds is 11. The fourth-order valence-corrected chi connectivity index (χ4v) is 4.68. The molecule has 9 nitrogen and oxygen atoms in total. The van der Waals surface area contributed by atoms with Crippen molar-refractivity contribution in [2.24, 2.45) is 0 Å². The molecule has 0 atom stereocenters. The number of aldehydes is 1. The average molecular weight is 463 g/mol. The van der Waals surface area contributed by atoms with E-state index in [4.69, 9.17) is 15.6 Å². The monoisotopic (exact) mass is 462 g/mol. The maximum atomic E-state index is 12.3. The molecule has 1 aromatic heterocycles. The van der Waals surface area contributed by atoms with Crippen LogP contribution in [0.1, 0.15) is 5.56 Å². The number of ether oxygens (including phenoxy) is 1. The Labute approximate surface area is 183 Å². The number of fused-ring (bicyclic) bond motifs is 1. The number of aliphatic hydroxyl groups is 1. The molecule has 0 fully saturated rings. The van der Waals surface area contributed by atoms with Gasteiger partial charge in [0, 0.05) is 35.3 Å². The number of allylic oxidation sites excluding steroid dienone is 1. The van der Waals surface area contributed by atoms with Gasteiger partial charge in [-0.15, -0.1) is 11.3 Å². The van der Waals surface area contributed by atoms with Crippen LogP contribution in [0.25, 0.3) is 15.8 Å². The molecule has 0 unspecified atom stereocenters. The molecule has 0 saturated heterocycles. The van der Waals surface area contributed by atoms with Gasteiger partial charge in [0.05, 0.1) is 40.4 Å². The van der Waals surface area contributed by atoms with Gasteiger partial charge in [0.1, 0.15) is 0 Å². The molecule has 2 aromatic carbocycles. The molecule has 5 N–H and O–H groups in total. The number of anilines is 2. The summed E-state index contributed by atoms with van der Waals surface area (Å²) >= 11 is 1.40. The molecule has 164 valence electrons. The molecule has 0 amide bonds. The van der Waals surface area contributed by atoms with Crippen molar-refractivity contribution in [1.29, 1.82) is 0 Å². The molecule has 0 bridgehead atoms. The molecule has 0 saturated carbocycles. The fourth-order valence-electron chi connectivity index (χ4n) is 2.80. The average Bonchev–Trinajstić information content (AvgIpc) is 3.24. The van der Waals surface area contributed by atoms with Crippen molar-refractivity contribution in [1.82, 2.24) is 9.71 Å². The number of carbonyl (C=O) groups is 1. The number of thiazole rings is 1. The van der Waals surface area contributed by atoms with E-state index in [-0.39, 0.29) is 31.3 Å². The summed E-state index contributed by atoms with van der Waals surface area (Å²) < 4.78 is 32.9. The minimum absolute atomic E-state index is 0.0955. The number of aliphatic hydroxyl groups excluding tert-OH is 1. The van der Waals surface area contributed by atoms with E-state index < -0.39 is 10.0 Å². The first-order chi connectivity index (χ1) is 15.0. The molecule has 11 heteroatoms. The first-order valence-electron chi connectivity index (χ1n) is 9.28. The lowest BCUT2D eigenvalue weighted by Crippen LogP contribution is -2.27. The number of carbonyl (C=O) groups excluding carboxylic acids is 1. The third kappa shape index (κ3) is 5.66. The Bertz CT molecular complexity index is 1170. The fraction of sp³-hybridized carbons (Fsp3) is 0.200. The lowest BCUT2D eigenvalue weighted by molar-refractivity contribution is -0.103. The van der Waals surface area contributed by atoms with Crippen molar-refractivity contribution in [2.45, 2.75) is 4.90 Å². The molecule has 1 heterocycles. The highest BCUT2D eigenvalue weighted by Crippen LogP contribution is 2.32. The van der Waals surface area contributed by atoms with Gasteiger partial charge < -0.3 is 20.9 Å². The predicted molar refractivity (Wildman–Crippen MR) is 121 cm³/mol. The van der Waals surface area contributed by atoms with Crippen LogP contribution in [0.4, 0.5) is 11.4 Å². The number of nitrogens with zero attached hydrogens (tertiary/aromatic N) is 1. The van der Waals surface area contributed by atoms with E-state index in [0.29, 0.717) is 28.8 Å². The molecule has 0 spiro atoms. The van der Waals surface area contributed by atoms with Crippen LogP contribution in [-0.2, 0) is 19.6 Å². The van der Waals surface area contributed by atoms with Gasteiger partial charge in [-0.05, 0) is 36.4 Å². The molecule has 0 aliphatic heterocycles. The largest absolute Gasteiger partial charge is 0.398 e. The van der Waals surface area contributed by atoms with Gasteiger partial charge in [-0.2, -0.15) is 0 Å². The van der Waals surface area contributed by atoms with E-state index in [2.05, 4.69) is 15.0 Å². The Hall–Kier alpha value is -2.83. The van der Waals surface area contributed by atoms with E-state index in [1.807, 2.05) is 0 Å². The zero-order chi connectivity index (χ0) is 22.3. The molecule has 3 rings (SSSR count). The molecular formula is C20H22N4O5S2. The van der Waals surface area contributed by atoms with Gasteiger partial charge in [-0.3, -0.25) is 4.79 Å². The summed E-state index contributed by atoms with van der Waals surface area (Å²) in [6, 6.07) is 9.58. The Morgan fingerprint density at radius 1 is 1.19 bits per heavy atom. The summed E-state index contributed by atoms with van der Waals surface area (Å²) in [4.78, 5) is 16.0. The number of aromatic nitrogens is 1. The Morgan fingerprint density at radius 3 is 2.68 bits per heavy atom. The summed E-state index contributed by atoms with van der Waals surface area (Å²) in [5.74, 6) is 0. The van der Waals surface area contributed by atoms with Crippen LogP contribution in [0.2, 0.25) is 0 Å². The molecule has 31 heavy (non-hydrogen) atoms. The number of benzene rings is 2. The number of nitrogens with one attached hydrogen (secondary N) is 2. The topological polar surface area (TPSA) is 144 Å². The van der Waals surface area contributed by atoms with Crippen molar-refractivity contribution >= 4 is 54.8 Å². The van der Waals surface area contributed by atoms with E-state index in [1.54, 1.807) is 29.8 Å². The van der Waals surface area contributed by atoms with Gasteiger partial charge >= 0.3 is 0 Å². The van der Waals surface area contributed by atoms with Crippen LogP contribution in [0.5, 0.6) is 0 Å². The highest BCUT2D eigenvalue weighted by atomic mass is 32.2. The minimum Gasteiger partial charge on any atom is -0.398 e. The van der Waals surface area contributed by atoms with E-state index in [0.717, 1.165) is 10.2 Å². The molecular weight excluding hydrogens is 440 g/mol. The normalized spacial score (nSPS) is 12.2. The van der Waals surface area contributed by atoms with Gasteiger partial charge in [-0.25, -0.2) is 18.1 Å². The van der Waals surface area contributed by atoms with Crippen LogP contribution >= 0.6 is 11.3 Å². The quantitative estimate of drug-likeness (QED) is 0.146. The van der Waals surface area contributed by atoms with Gasteiger partial charge in [0.25, 0.3) is 0 Å². The Balaban J connectivity index is 1.71. The van der Waals surface area contributed by atoms with Crippen LogP contribution in [0, 0.1) is 0 Å². The zero-order valence-corrected chi connectivity index (χ0v) is 18.1. The van der Waals surface area contributed by atoms with Crippen molar-refractivity contribution in [3.05, 3.63) is 53.7 Å². The van der Waals surface area contributed by atoms with E-state index in [1.165, 1.54) is 29.7 Å². The maximum absolute atomic E-state index is 12.3. The van der Waals surface area contributed by atoms with Crippen LogP contribution < -0.4 is 15.8 Å². The molecule has 0 aliphatic rings. The Kier molecular flexibility index (Phi) is 7.71. The number of nitrogen functional groups attached to an aromatic ring is 1. The summed E-state index contributed by atoms with van der Waals surface area (Å²) in [5, 5.41) is 11.6. The number of hydrogen-bond donors (Lipinski definition) is 4. The van der Waals surface area contributed by atoms with Gasteiger partial charge in [0.2, 0.25) is 10.0 Å². The molecule has 0 radical (unpaired) electrons. The minimum atomic E-state index is -3.68. The zero-order valence-electron chi connectivity index (χ0n) is 16.4. The van der Waals surface area contributed by atoms with Crippen molar-refractivity contribution in [3.8, 4) is 0 Å².